The Hall–Kier alpha value is 1.40. The van der Waals surface area contributed by atoms with Crippen LogP contribution in [0.2, 0.25) is 0 Å². The summed E-state index contributed by atoms with van der Waals surface area (Å²) in [4.78, 5) is 0. The molecule has 0 rings (SSSR count). The van der Waals surface area contributed by atoms with Gasteiger partial charge in [0.05, 0.1) is 28.2 Å². The van der Waals surface area contributed by atoms with Crippen molar-refractivity contribution in [2.24, 2.45) is 0 Å². The number of thiocarbonyl (C=S) groups is 1. The molecule has 2 nitrogen and oxygen atoms in total. The molecule has 1 radical (unpaired) electrons. The van der Waals surface area contributed by atoms with Crippen LogP contribution in [0.25, 0.3) is 5.41 Å². The molecule has 0 saturated carbocycles. The summed E-state index contributed by atoms with van der Waals surface area (Å²) in [6, 6.07) is 0. The molecule has 0 fully saturated rings. The van der Waals surface area contributed by atoms with Gasteiger partial charge in [0.15, 0.2) is 0 Å². The van der Waals surface area contributed by atoms with E-state index in [1.807, 2.05) is 0 Å². The molecule has 0 amide bonds. The largest absolute Gasteiger partial charge is 0.753 e. The van der Waals surface area contributed by atoms with Crippen LogP contribution in [-0.2, 0) is 0 Å². The maximum Gasteiger partial charge on any atom is 0.0675 e. The third kappa shape index (κ3) is 264. The molecule has 0 aromatic rings. The first kappa shape index (κ1) is 16.8. The van der Waals surface area contributed by atoms with Crippen molar-refractivity contribution in [3.8, 4) is 0 Å². The number of rotatable bonds is 0. The molecular weight excluding hydrogens is 159 g/mol. The molecule has 0 heterocycles. The molecule has 0 bridgehead atoms. The van der Waals surface area contributed by atoms with Crippen molar-refractivity contribution >= 4 is 68.8 Å². The van der Waals surface area contributed by atoms with Gasteiger partial charge < -0.3 is 9.89 Å². The van der Waals surface area contributed by atoms with E-state index in [0.717, 1.165) is 4.48 Å². The van der Waals surface area contributed by atoms with Crippen LogP contribution in [0.15, 0.2) is 0 Å². The van der Waals surface area contributed by atoms with E-state index in [-0.39, 0.29) is 51.4 Å². The topological polar surface area (TPSA) is 22.3 Å². The first-order valence-electron chi connectivity index (χ1n) is 2.22. The molecular formula is C5H12KN2S. The Morgan fingerprint density at radius 1 is 1.22 bits per heavy atom. The van der Waals surface area contributed by atoms with Crippen LogP contribution in [0.5, 0.6) is 0 Å². The fourth-order valence-corrected chi connectivity index (χ4v) is 0. The predicted molar refractivity (Wildman–Crippen MR) is 45.7 cm³/mol. The minimum atomic E-state index is 0. The summed E-state index contributed by atoms with van der Waals surface area (Å²) in [6.07, 6.45) is 0. The zero-order valence-corrected chi connectivity index (χ0v) is 10.7. The van der Waals surface area contributed by atoms with Crippen molar-refractivity contribution in [2.45, 2.75) is 0 Å². The summed E-state index contributed by atoms with van der Waals surface area (Å²) < 4.78 is 1.00. The maximum absolute atomic E-state index is 7.13. The Bertz CT molecular complexity index is 75.4. The number of hydrogen-bond acceptors (Lipinski definition) is 1. The zero-order chi connectivity index (χ0) is 7.21. The van der Waals surface area contributed by atoms with Gasteiger partial charge in [0, 0.05) is 51.4 Å². The van der Waals surface area contributed by atoms with E-state index in [1.54, 1.807) is 0 Å². The van der Waals surface area contributed by atoms with E-state index in [4.69, 9.17) is 5.41 Å². The van der Waals surface area contributed by atoms with Gasteiger partial charge >= 0.3 is 0 Å². The van der Waals surface area contributed by atoms with Crippen LogP contribution in [0.3, 0.4) is 0 Å². The summed E-state index contributed by atoms with van der Waals surface area (Å²) in [5.74, 6) is 0. The average molecular weight is 171 g/mol. The molecule has 0 aromatic heterocycles. The molecule has 49 valence electrons. The number of nitrogens with zero attached hydrogens (tertiary/aromatic N) is 2. The normalized spacial score (nSPS) is 7.56. The van der Waals surface area contributed by atoms with E-state index < -0.39 is 0 Å². The Morgan fingerprint density at radius 2 is 1.22 bits per heavy atom. The van der Waals surface area contributed by atoms with Crippen molar-refractivity contribution in [3.63, 3.8) is 0 Å². The van der Waals surface area contributed by atoms with E-state index in [2.05, 4.69) is 40.4 Å². The van der Waals surface area contributed by atoms with Gasteiger partial charge in [-0.05, 0) is 0 Å². The summed E-state index contributed by atoms with van der Waals surface area (Å²) >= 11 is 3.70. The zero-order valence-electron chi connectivity index (χ0n) is 6.80. The second-order valence-electron chi connectivity index (χ2n) is 2.77. The molecule has 0 unspecified atom stereocenters. The predicted octanol–water partition coefficient (Wildman–Crippen LogP) is 0.600. The maximum atomic E-state index is 7.13. The summed E-state index contributed by atoms with van der Waals surface area (Å²) in [5.41, 5.74) is 0. The van der Waals surface area contributed by atoms with Gasteiger partial charge in [-0.3, -0.25) is 0 Å². The number of hydrogen-bond donors (Lipinski definition) is 0. The monoisotopic (exact) mass is 171 g/mol. The number of isothiocyanates is 1. The molecule has 4 heteroatoms. The van der Waals surface area contributed by atoms with Crippen LogP contribution < -0.4 is 0 Å². The van der Waals surface area contributed by atoms with Gasteiger partial charge in [0.25, 0.3) is 0 Å². The molecule has 0 aliphatic heterocycles. The fraction of sp³-hybridized carbons (Fsp3) is 0.800. The fourth-order valence-electron chi connectivity index (χ4n) is 0. The van der Waals surface area contributed by atoms with Crippen LogP contribution in [0.4, 0.5) is 0 Å². The van der Waals surface area contributed by atoms with Crippen LogP contribution in [0, 0.1) is 0 Å². The van der Waals surface area contributed by atoms with E-state index >= 15 is 0 Å². The standard InChI is InChI=1S/C4H12N.CNS.K/c1-5(2,3)4;2-1-3;/h1-4H3;;/q+1;-1;. The van der Waals surface area contributed by atoms with Crippen molar-refractivity contribution in [1.82, 2.24) is 0 Å². The molecule has 0 aliphatic carbocycles. The average Bonchev–Trinajstić information content (AvgIpc) is 1.27. The summed E-state index contributed by atoms with van der Waals surface area (Å²) in [6.45, 7) is 0. The molecule has 0 aromatic carbocycles. The smallest absolute Gasteiger partial charge is 0.0675 e. The first-order chi connectivity index (χ1) is 3.41. The van der Waals surface area contributed by atoms with Crippen molar-refractivity contribution in [1.29, 1.82) is 0 Å². The van der Waals surface area contributed by atoms with Crippen LogP contribution >= 0.6 is 12.2 Å². The second-order valence-corrected chi connectivity index (χ2v) is 2.96. The molecule has 9 heavy (non-hydrogen) atoms. The van der Waals surface area contributed by atoms with Crippen LogP contribution in [0.1, 0.15) is 0 Å². The molecule has 0 atom stereocenters. The SMILES string of the molecule is C[N+](C)(C)C.[K].[N-]=C=S. The minimum absolute atomic E-state index is 0. The van der Waals surface area contributed by atoms with Gasteiger partial charge in [-0.15, -0.1) is 0 Å². The van der Waals surface area contributed by atoms with Crippen LogP contribution in [-0.4, -0.2) is 89.2 Å². The molecule has 0 saturated heterocycles. The summed E-state index contributed by atoms with van der Waals surface area (Å²) in [7, 11) is 8.50. The molecule has 0 N–H and O–H groups in total. The van der Waals surface area contributed by atoms with E-state index in [0.29, 0.717) is 0 Å². The number of quaternary nitrogens is 1. The molecule has 0 aliphatic rings. The first-order valence-corrected chi connectivity index (χ1v) is 2.62. The quantitative estimate of drug-likeness (QED) is 0.226. The molecule has 0 spiro atoms. The van der Waals surface area contributed by atoms with Gasteiger partial charge in [0.1, 0.15) is 0 Å². The van der Waals surface area contributed by atoms with Gasteiger partial charge in [-0.1, -0.05) is 12.2 Å². The minimum Gasteiger partial charge on any atom is -0.753 e. The Labute approximate surface area is 105 Å². The Balaban J connectivity index is -0.0000000800. The summed E-state index contributed by atoms with van der Waals surface area (Å²) in [5, 5.41) is 8.47. The Kier molecular flexibility index (Phi) is 17.5. The van der Waals surface area contributed by atoms with Crippen molar-refractivity contribution in [2.75, 3.05) is 28.2 Å². The van der Waals surface area contributed by atoms with Gasteiger partial charge in [0.2, 0.25) is 0 Å². The Morgan fingerprint density at radius 3 is 1.22 bits per heavy atom. The van der Waals surface area contributed by atoms with Crippen molar-refractivity contribution < 1.29 is 4.48 Å². The van der Waals surface area contributed by atoms with Gasteiger partial charge in [-0.2, -0.15) is 5.16 Å². The van der Waals surface area contributed by atoms with Crippen molar-refractivity contribution in [3.05, 3.63) is 5.41 Å². The van der Waals surface area contributed by atoms with Gasteiger partial charge in [-0.25, -0.2) is 0 Å². The second kappa shape index (κ2) is 9.40. The third-order valence-electron chi connectivity index (χ3n) is 0. The van der Waals surface area contributed by atoms with E-state index in [1.165, 1.54) is 5.16 Å². The van der Waals surface area contributed by atoms with E-state index in [9.17, 15) is 0 Å². The third-order valence-corrected chi connectivity index (χ3v) is 0.